The van der Waals surface area contributed by atoms with E-state index in [0.717, 1.165) is 42.5 Å². The van der Waals surface area contributed by atoms with Crippen LogP contribution in [0.5, 0.6) is 0 Å². The molecule has 0 bridgehead atoms. The molecule has 1 N–H and O–H groups in total. The van der Waals surface area contributed by atoms with Gasteiger partial charge in [0.25, 0.3) is 5.91 Å². The van der Waals surface area contributed by atoms with Gasteiger partial charge in [-0.15, -0.1) is 0 Å². The zero-order valence-electron chi connectivity index (χ0n) is 16.8. The average molecular weight is 379 g/mol. The number of rotatable bonds is 3. The highest BCUT2D eigenvalue weighted by Crippen LogP contribution is 2.47. The van der Waals surface area contributed by atoms with Gasteiger partial charge in [0.15, 0.2) is 0 Å². The van der Waals surface area contributed by atoms with E-state index in [4.69, 9.17) is 0 Å². The van der Waals surface area contributed by atoms with E-state index in [2.05, 4.69) is 0 Å². The quantitative estimate of drug-likeness (QED) is 0.876. The molecule has 0 unspecified atom stereocenters. The molecule has 1 aliphatic carbocycles. The Hall–Kier alpha value is -2.33. The molecule has 0 radical (unpaired) electrons. The first-order chi connectivity index (χ1) is 13.5. The SMILES string of the molecule is CN(C)c1ccc(C(=O)N2CC[C@@](O)(c3ccccc3)[C@@H]3CCCC[C@H]32)cc1. The molecule has 0 aromatic heterocycles. The third-order valence-electron chi connectivity index (χ3n) is 6.64. The number of fused-ring (bicyclic) bond motifs is 1. The van der Waals surface area contributed by atoms with Crippen LogP contribution in [0.1, 0.15) is 48.0 Å². The molecule has 1 heterocycles. The lowest BCUT2D eigenvalue weighted by Gasteiger charge is -2.52. The minimum absolute atomic E-state index is 0.0947. The second-order valence-electron chi connectivity index (χ2n) is 8.44. The van der Waals surface area contributed by atoms with Crippen molar-refractivity contribution < 1.29 is 9.90 Å². The number of carbonyl (C=O) groups excluding carboxylic acids is 1. The summed E-state index contributed by atoms with van der Waals surface area (Å²) >= 11 is 0. The van der Waals surface area contributed by atoms with Gasteiger partial charge in [0.2, 0.25) is 0 Å². The largest absolute Gasteiger partial charge is 0.385 e. The lowest BCUT2D eigenvalue weighted by atomic mass is 9.66. The van der Waals surface area contributed by atoms with Gasteiger partial charge in [0.05, 0.1) is 5.60 Å². The number of nitrogens with zero attached hydrogens (tertiary/aromatic N) is 2. The molecule has 1 saturated heterocycles. The Balaban J connectivity index is 1.61. The van der Waals surface area contributed by atoms with Crippen LogP contribution in [0.2, 0.25) is 0 Å². The van der Waals surface area contributed by atoms with Crippen LogP contribution in [0.15, 0.2) is 54.6 Å². The second-order valence-corrected chi connectivity index (χ2v) is 8.44. The number of hydrogen-bond donors (Lipinski definition) is 1. The van der Waals surface area contributed by atoms with Crippen LogP contribution in [0, 0.1) is 5.92 Å². The predicted octanol–water partition coefficient (Wildman–Crippen LogP) is 4.05. The molecule has 28 heavy (non-hydrogen) atoms. The zero-order valence-corrected chi connectivity index (χ0v) is 16.8. The van der Waals surface area contributed by atoms with Crippen LogP contribution in [0.25, 0.3) is 0 Å². The van der Waals surface area contributed by atoms with E-state index in [9.17, 15) is 9.90 Å². The van der Waals surface area contributed by atoms with Gasteiger partial charge in [-0.25, -0.2) is 0 Å². The summed E-state index contributed by atoms with van der Waals surface area (Å²) < 4.78 is 0. The second kappa shape index (κ2) is 7.59. The van der Waals surface area contributed by atoms with Crippen molar-refractivity contribution in [2.24, 2.45) is 5.92 Å². The number of aliphatic hydroxyl groups is 1. The lowest BCUT2D eigenvalue weighted by molar-refractivity contribution is -0.110. The van der Waals surface area contributed by atoms with Crippen LogP contribution >= 0.6 is 0 Å². The van der Waals surface area contributed by atoms with Crippen molar-refractivity contribution in [3.63, 3.8) is 0 Å². The highest BCUT2D eigenvalue weighted by atomic mass is 16.3. The van der Waals surface area contributed by atoms with Crippen molar-refractivity contribution in [3.05, 3.63) is 65.7 Å². The van der Waals surface area contributed by atoms with Crippen LogP contribution in [0.3, 0.4) is 0 Å². The zero-order chi connectivity index (χ0) is 19.7. The summed E-state index contributed by atoms with van der Waals surface area (Å²) in [6.45, 7) is 0.598. The molecule has 0 spiro atoms. The van der Waals surface area contributed by atoms with E-state index < -0.39 is 5.60 Å². The van der Waals surface area contributed by atoms with Crippen LogP contribution in [0.4, 0.5) is 5.69 Å². The fourth-order valence-electron chi connectivity index (χ4n) is 5.09. The van der Waals surface area contributed by atoms with Crippen molar-refractivity contribution in [2.45, 2.75) is 43.7 Å². The number of amides is 1. The summed E-state index contributed by atoms with van der Waals surface area (Å²) in [5, 5.41) is 11.7. The normalized spacial score (nSPS) is 27.2. The number of likely N-dealkylation sites (tertiary alicyclic amines) is 1. The molecule has 1 amide bonds. The number of anilines is 1. The van der Waals surface area contributed by atoms with E-state index in [1.165, 1.54) is 0 Å². The molecule has 1 saturated carbocycles. The highest BCUT2D eigenvalue weighted by molar-refractivity contribution is 5.95. The summed E-state index contributed by atoms with van der Waals surface area (Å²) in [6, 6.07) is 18.0. The average Bonchev–Trinajstić information content (AvgIpc) is 2.74. The smallest absolute Gasteiger partial charge is 0.254 e. The lowest BCUT2D eigenvalue weighted by Crippen LogP contribution is -2.58. The van der Waals surface area contributed by atoms with E-state index >= 15 is 0 Å². The van der Waals surface area contributed by atoms with Crippen molar-refractivity contribution in [1.29, 1.82) is 0 Å². The number of benzene rings is 2. The fourth-order valence-corrected chi connectivity index (χ4v) is 5.09. The Morgan fingerprint density at radius 2 is 1.71 bits per heavy atom. The Kier molecular flexibility index (Phi) is 5.15. The molecule has 4 rings (SSSR count). The minimum Gasteiger partial charge on any atom is -0.385 e. The molecule has 3 atom stereocenters. The standard InChI is InChI=1S/C24H30N2O2/c1-25(2)20-14-12-18(13-15-20)23(27)26-17-16-24(28,19-8-4-3-5-9-19)21-10-6-7-11-22(21)26/h3-5,8-9,12-15,21-22,28H,6-7,10-11,16-17H2,1-2H3/t21-,22-,24-/m1/s1. The number of piperidine rings is 1. The molecule has 148 valence electrons. The molecule has 2 aliphatic rings. The van der Waals surface area contributed by atoms with Crippen molar-refractivity contribution in [1.82, 2.24) is 4.90 Å². The maximum Gasteiger partial charge on any atom is 0.254 e. The molecule has 1 aliphatic heterocycles. The van der Waals surface area contributed by atoms with Crippen molar-refractivity contribution in [3.8, 4) is 0 Å². The van der Waals surface area contributed by atoms with Gasteiger partial charge in [-0.1, -0.05) is 43.2 Å². The van der Waals surface area contributed by atoms with Crippen LogP contribution in [-0.4, -0.2) is 42.6 Å². The van der Waals surface area contributed by atoms with Gasteiger partial charge in [-0.3, -0.25) is 4.79 Å². The first-order valence-corrected chi connectivity index (χ1v) is 10.4. The van der Waals surface area contributed by atoms with Gasteiger partial charge in [0.1, 0.15) is 0 Å². The molecule has 2 aromatic carbocycles. The van der Waals surface area contributed by atoms with Gasteiger partial charge in [-0.2, -0.15) is 0 Å². The molecular weight excluding hydrogens is 348 g/mol. The fraction of sp³-hybridized carbons (Fsp3) is 0.458. The number of carbonyl (C=O) groups is 1. The van der Waals surface area contributed by atoms with E-state index in [-0.39, 0.29) is 17.9 Å². The topological polar surface area (TPSA) is 43.8 Å². The third-order valence-corrected chi connectivity index (χ3v) is 6.64. The summed E-state index contributed by atoms with van der Waals surface area (Å²) in [4.78, 5) is 17.4. The summed E-state index contributed by atoms with van der Waals surface area (Å²) in [5.41, 5.74) is 1.98. The van der Waals surface area contributed by atoms with Gasteiger partial charge >= 0.3 is 0 Å². The van der Waals surface area contributed by atoms with Crippen molar-refractivity contribution in [2.75, 3.05) is 25.5 Å². The highest BCUT2D eigenvalue weighted by Gasteiger charge is 2.50. The molecule has 2 aromatic rings. The summed E-state index contributed by atoms with van der Waals surface area (Å²) in [5.74, 6) is 0.194. The number of hydrogen-bond acceptors (Lipinski definition) is 3. The first-order valence-electron chi connectivity index (χ1n) is 10.4. The Bertz CT molecular complexity index is 818. The van der Waals surface area contributed by atoms with Crippen LogP contribution in [-0.2, 0) is 5.60 Å². The van der Waals surface area contributed by atoms with E-state index in [1.807, 2.05) is 78.5 Å². The maximum absolute atomic E-state index is 13.3. The molecule has 4 heteroatoms. The van der Waals surface area contributed by atoms with Gasteiger partial charge in [-0.05, 0) is 49.1 Å². The Morgan fingerprint density at radius 3 is 2.39 bits per heavy atom. The van der Waals surface area contributed by atoms with Gasteiger partial charge in [0, 0.05) is 43.9 Å². The third kappa shape index (κ3) is 3.30. The Labute approximate surface area is 167 Å². The van der Waals surface area contributed by atoms with Gasteiger partial charge < -0.3 is 14.9 Å². The Morgan fingerprint density at radius 1 is 1.04 bits per heavy atom. The van der Waals surface area contributed by atoms with Crippen LogP contribution < -0.4 is 4.90 Å². The summed E-state index contributed by atoms with van der Waals surface area (Å²) in [7, 11) is 4.00. The maximum atomic E-state index is 13.3. The van der Waals surface area contributed by atoms with E-state index in [0.29, 0.717) is 13.0 Å². The monoisotopic (exact) mass is 378 g/mol. The minimum atomic E-state index is -0.835. The van der Waals surface area contributed by atoms with E-state index in [1.54, 1.807) is 0 Å². The molecule has 2 fully saturated rings. The first kappa shape index (κ1) is 19.0. The summed E-state index contributed by atoms with van der Waals surface area (Å²) in [6.07, 6.45) is 4.78. The predicted molar refractivity (Wildman–Crippen MR) is 113 cm³/mol. The molecule has 4 nitrogen and oxygen atoms in total. The van der Waals surface area contributed by atoms with Crippen molar-refractivity contribution >= 4 is 11.6 Å². The molecular formula is C24H30N2O2.